The van der Waals surface area contributed by atoms with Crippen LogP contribution in [0.2, 0.25) is 15.1 Å². The Hall–Kier alpha value is 1.41. The molecule has 0 atom stereocenters. The van der Waals surface area contributed by atoms with Crippen molar-refractivity contribution in [3.05, 3.63) is 32.3 Å². The van der Waals surface area contributed by atoms with Gasteiger partial charge in [0.2, 0.25) is 0 Å². The number of halogens is 7. The van der Waals surface area contributed by atoms with E-state index in [-0.39, 0.29) is 15.6 Å². The fourth-order valence-electron chi connectivity index (χ4n) is 1.26. The Morgan fingerprint density at radius 3 is 1.35 bits per heavy atom. The van der Waals surface area contributed by atoms with Crippen molar-refractivity contribution in [1.29, 1.82) is 0 Å². The van der Waals surface area contributed by atoms with E-state index in [0.29, 0.717) is 0 Å². The molecule has 0 aliphatic carbocycles. The Morgan fingerprint density at radius 1 is 0.824 bits per heavy atom. The van der Waals surface area contributed by atoms with Crippen molar-refractivity contribution in [3.63, 3.8) is 0 Å². The molecule has 0 unspecified atom stereocenters. The van der Waals surface area contributed by atoms with E-state index in [1.165, 1.54) is 0 Å². The lowest BCUT2D eigenvalue weighted by Gasteiger charge is -2.23. The monoisotopic (exact) mass is 526 g/mol. The molecule has 0 radical (unpaired) electrons. The zero-order valence-electron chi connectivity index (χ0n) is 9.15. The second kappa shape index (κ2) is 7.26. The van der Waals surface area contributed by atoms with Crippen LogP contribution in [0.3, 0.4) is 0 Å². The fourth-order valence-corrected chi connectivity index (χ4v) is 2.54. The summed E-state index contributed by atoms with van der Waals surface area (Å²) in [5, 5.41) is -1.11. The quantitative estimate of drug-likeness (QED) is 0.194. The zero-order chi connectivity index (χ0) is 14.0. The summed E-state index contributed by atoms with van der Waals surface area (Å²) in [6, 6.07) is 0. The zero-order valence-corrected chi connectivity index (χ0v) is 15.7. The molecule has 0 saturated carbocycles. The Morgan fingerprint density at radius 2 is 1.12 bits per heavy atom. The summed E-state index contributed by atoms with van der Waals surface area (Å²) in [4.78, 5) is 0. The van der Waals surface area contributed by atoms with Crippen molar-refractivity contribution in [1.82, 2.24) is 0 Å². The lowest BCUT2D eigenvalue weighted by atomic mass is 9.86. The number of benzene rings is 1. The molecule has 1 aromatic carbocycles. The predicted molar refractivity (Wildman–Crippen MR) is 88.1 cm³/mol. The SMILES string of the molecule is CC(C)(C)c1c(Cl)c(F)c(Cl)c(F)c1Cl.II. The molecule has 0 heterocycles. The van der Waals surface area contributed by atoms with Gasteiger partial charge in [-0.15, -0.1) is 0 Å². The first kappa shape index (κ1) is 18.4. The topological polar surface area (TPSA) is 0 Å². The molecule has 17 heavy (non-hydrogen) atoms. The molecule has 7 heteroatoms. The van der Waals surface area contributed by atoms with Crippen molar-refractivity contribution < 1.29 is 8.78 Å². The second-order valence-electron chi connectivity index (χ2n) is 4.19. The molecule has 0 nitrogen and oxygen atoms in total. The van der Waals surface area contributed by atoms with E-state index in [0.717, 1.165) is 0 Å². The van der Waals surface area contributed by atoms with Gasteiger partial charge < -0.3 is 0 Å². The highest BCUT2D eigenvalue weighted by Gasteiger charge is 2.28. The Balaban J connectivity index is 0.00000121. The smallest absolute Gasteiger partial charge is 0.163 e. The van der Waals surface area contributed by atoms with Gasteiger partial charge in [0, 0.05) is 42.8 Å². The molecule has 0 aliphatic heterocycles. The van der Waals surface area contributed by atoms with Gasteiger partial charge in [-0.05, 0) is 5.41 Å². The maximum Gasteiger partial charge on any atom is 0.163 e. The van der Waals surface area contributed by atoms with Crippen molar-refractivity contribution in [2.75, 3.05) is 0 Å². The first-order valence-corrected chi connectivity index (χ1v) is 11.8. The van der Waals surface area contributed by atoms with Gasteiger partial charge in [0.05, 0.1) is 10.0 Å². The van der Waals surface area contributed by atoms with Crippen LogP contribution in [0.25, 0.3) is 0 Å². The largest absolute Gasteiger partial charge is 0.204 e. The van der Waals surface area contributed by atoms with Crippen molar-refractivity contribution >= 4 is 72.0 Å². The average molecular weight is 527 g/mol. The van der Waals surface area contributed by atoms with E-state index in [4.69, 9.17) is 34.8 Å². The van der Waals surface area contributed by atoms with E-state index >= 15 is 0 Å². The minimum Gasteiger partial charge on any atom is -0.204 e. The third kappa shape index (κ3) is 4.19. The van der Waals surface area contributed by atoms with E-state index < -0.39 is 22.1 Å². The highest BCUT2D eigenvalue weighted by atomic mass is 128. The molecule has 0 amide bonds. The van der Waals surface area contributed by atoms with Crippen molar-refractivity contribution in [2.45, 2.75) is 26.2 Å². The Labute approximate surface area is 138 Å². The van der Waals surface area contributed by atoms with Crippen LogP contribution in [-0.2, 0) is 5.41 Å². The van der Waals surface area contributed by atoms with Crippen LogP contribution in [-0.4, -0.2) is 0 Å². The normalized spacial score (nSPS) is 10.9. The van der Waals surface area contributed by atoms with E-state index in [9.17, 15) is 8.78 Å². The lowest BCUT2D eigenvalue weighted by molar-refractivity contribution is 0.546. The second-order valence-corrected chi connectivity index (χ2v) is 5.33. The van der Waals surface area contributed by atoms with Gasteiger partial charge in [0.25, 0.3) is 0 Å². The summed E-state index contributed by atoms with van der Waals surface area (Å²) >= 11 is 21.1. The van der Waals surface area contributed by atoms with Crippen LogP contribution < -0.4 is 0 Å². The van der Waals surface area contributed by atoms with Gasteiger partial charge in [-0.2, -0.15) is 0 Å². The molecule has 1 aromatic rings. The lowest BCUT2D eigenvalue weighted by Crippen LogP contribution is -2.14. The van der Waals surface area contributed by atoms with Gasteiger partial charge in [-0.3, -0.25) is 0 Å². The molecular weight excluding hydrogens is 518 g/mol. The summed E-state index contributed by atoms with van der Waals surface area (Å²) in [5.41, 5.74) is -0.328. The van der Waals surface area contributed by atoms with Crippen LogP contribution in [0.15, 0.2) is 0 Å². The third-order valence-corrected chi connectivity index (χ3v) is 3.00. The first-order valence-electron chi connectivity index (χ1n) is 4.34. The fraction of sp³-hybridized carbons (Fsp3) is 0.400. The van der Waals surface area contributed by atoms with Gasteiger partial charge in [-0.1, -0.05) is 55.6 Å². The molecule has 0 aromatic heterocycles. The van der Waals surface area contributed by atoms with E-state index in [2.05, 4.69) is 37.2 Å². The van der Waals surface area contributed by atoms with E-state index in [1.807, 2.05) is 0 Å². The maximum atomic E-state index is 13.4. The van der Waals surface area contributed by atoms with Crippen molar-refractivity contribution in [2.24, 2.45) is 0 Å². The Kier molecular flexibility index (Phi) is 7.86. The highest BCUT2D eigenvalue weighted by molar-refractivity contribution is 15.0. The molecular formula is C10H9Cl3F2I2. The summed E-state index contributed by atoms with van der Waals surface area (Å²) in [6.45, 7) is 5.27. The molecule has 98 valence electrons. The summed E-state index contributed by atoms with van der Waals surface area (Å²) in [5.74, 6) is -1.93. The Bertz CT molecular complexity index is 388. The number of rotatable bonds is 0. The average Bonchev–Trinajstić information content (AvgIpc) is 2.25. The molecule has 0 saturated heterocycles. The van der Waals surface area contributed by atoms with Gasteiger partial charge in [0.15, 0.2) is 11.6 Å². The molecule has 0 aliphatic rings. The summed E-state index contributed by atoms with van der Waals surface area (Å²) in [6.07, 6.45) is 0. The minimum atomic E-state index is -0.967. The maximum absolute atomic E-state index is 13.4. The molecule has 1 rings (SSSR count). The predicted octanol–water partition coefficient (Wildman–Crippen LogP) is 6.99. The first-order chi connectivity index (χ1) is 7.68. The minimum absolute atomic E-state index is 0.223. The van der Waals surface area contributed by atoms with Crippen LogP contribution in [0, 0.1) is 11.6 Å². The third-order valence-electron chi connectivity index (χ3n) is 1.96. The van der Waals surface area contributed by atoms with Crippen LogP contribution in [0.4, 0.5) is 8.78 Å². The molecule has 0 fully saturated rings. The van der Waals surface area contributed by atoms with E-state index in [1.54, 1.807) is 20.8 Å². The van der Waals surface area contributed by atoms with Crippen LogP contribution >= 0.6 is 72.0 Å². The number of hydrogen-bond acceptors (Lipinski definition) is 0. The van der Waals surface area contributed by atoms with Crippen molar-refractivity contribution in [3.8, 4) is 0 Å². The summed E-state index contributed by atoms with van der Waals surface area (Å²) in [7, 11) is 0. The standard InChI is InChI=1S/C10H9Cl3F2.I2/c1-10(2,3)4-5(11)8(14)7(13)9(15)6(4)12;1-2/h1-3H3;. The number of hydrogen-bond donors (Lipinski definition) is 0. The molecule has 0 N–H and O–H groups in total. The molecule has 0 bridgehead atoms. The van der Waals surface area contributed by atoms with Gasteiger partial charge >= 0.3 is 0 Å². The van der Waals surface area contributed by atoms with Crippen LogP contribution in [0.1, 0.15) is 26.3 Å². The van der Waals surface area contributed by atoms with Gasteiger partial charge in [-0.25, -0.2) is 8.78 Å². The highest BCUT2D eigenvalue weighted by Crippen LogP contribution is 2.41. The summed E-state index contributed by atoms with van der Waals surface area (Å²) < 4.78 is 26.8. The molecule has 0 spiro atoms. The van der Waals surface area contributed by atoms with Gasteiger partial charge in [0.1, 0.15) is 5.02 Å². The van der Waals surface area contributed by atoms with Crippen LogP contribution in [0.5, 0.6) is 0 Å².